The molecular weight excluding hydrogens is 286 g/mol. The maximum Gasteiger partial charge on any atom is 0.258 e. The number of nitrogens with zero attached hydrogens (tertiary/aromatic N) is 1. The van der Waals surface area contributed by atoms with Crippen LogP contribution in [0.4, 0.5) is 5.69 Å². The van der Waals surface area contributed by atoms with Gasteiger partial charge in [-0.05, 0) is 50.2 Å². The molecule has 1 aliphatic rings. The molecule has 0 N–H and O–H groups in total. The number of carbonyl (C=O) groups is 1. The minimum Gasteiger partial charge on any atom is -0.484 e. The first-order valence-corrected chi connectivity index (χ1v) is 7.20. The highest BCUT2D eigenvalue weighted by Gasteiger charge is 2.34. The van der Waals surface area contributed by atoms with Crippen LogP contribution in [-0.2, 0) is 0 Å². The van der Waals surface area contributed by atoms with Crippen molar-refractivity contribution in [3.63, 3.8) is 0 Å². The molecule has 3 nitrogen and oxygen atoms in total. The van der Waals surface area contributed by atoms with Gasteiger partial charge in [-0.2, -0.15) is 0 Å². The summed E-state index contributed by atoms with van der Waals surface area (Å²) >= 11 is 5.88. The standard InChI is InChI=1S/C17H16ClNO2/c1-17(2)11-19(14-5-3-4-6-15(14)21-17)16(20)12-7-9-13(18)10-8-12/h3-10H,11H2,1-2H3. The predicted molar refractivity (Wildman–Crippen MR) is 84.3 cm³/mol. The number of ether oxygens (including phenoxy) is 1. The molecule has 3 rings (SSSR count). The highest BCUT2D eigenvalue weighted by molar-refractivity contribution is 6.30. The van der Waals surface area contributed by atoms with Crippen LogP contribution in [0, 0.1) is 0 Å². The highest BCUT2D eigenvalue weighted by atomic mass is 35.5. The van der Waals surface area contributed by atoms with Crippen LogP contribution in [0.5, 0.6) is 5.75 Å². The fourth-order valence-corrected chi connectivity index (χ4v) is 2.62. The lowest BCUT2D eigenvalue weighted by atomic mass is 10.0. The van der Waals surface area contributed by atoms with Gasteiger partial charge in [-0.25, -0.2) is 0 Å². The van der Waals surface area contributed by atoms with Gasteiger partial charge in [0.05, 0.1) is 12.2 Å². The van der Waals surface area contributed by atoms with Gasteiger partial charge in [-0.15, -0.1) is 0 Å². The normalized spacial score (nSPS) is 16.0. The Morgan fingerprint density at radius 3 is 2.52 bits per heavy atom. The zero-order chi connectivity index (χ0) is 15.0. The van der Waals surface area contributed by atoms with Gasteiger partial charge in [-0.1, -0.05) is 23.7 Å². The first-order valence-electron chi connectivity index (χ1n) is 6.82. The molecule has 0 saturated heterocycles. The molecule has 1 aliphatic heterocycles. The molecule has 4 heteroatoms. The van der Waals surface area contributed by atoms with Crippen LogP contribution >= 0.6 is 11.6 Å². The minimum absolute atomic E-state index is 0.0458. The van der Waals surface area contributed by atoms with Crippen molar-refractivity contribution in [3.05, 3.63) is 59.1 Å². The number of fused-ring (bicyclic) bond motifs is 1. The summed E-state index contributed by atoms with van der Waals surface area (Å²) in [4.78, 5) is 14.6. The number of halogens is 1. The van der Waals surface area contributed by atoms with Gasteiger partial charge in [0.2, 0.25) is 0 Å². The Balaban J connectivity index is 2.01. The van der Waals surface area contributed by atoms with Crippen LogP contribution in [0.1, 0.15) is 24.2 Å². The average Bonchev–Trinajstić information content (AvgIpc) is 2.45. The van der Waals surface area contributed by atoms with E-state index >= 15 is 0 Å². The Hall–Kier alpha value is -2.00. The monoisotopic (exact) mass is 301 g/mol. The molecule has 0 fully saturated rings. The van der Waals surface area contributed by atoms with Crippen LogP contribution in [0.15, 0.2) is 48.5 Å². The van der Waals surface area contributed by atoms with Crippen molar-refractivity contribution in [1.82, 2.24) is 0 Å². The minimum atomic E-state index is -0.420. The lowest BCUT2D eigenvalue weighted by molar-refractivity contribution is 0.0837. The van der Waals surface area contributed by atoms with Crippen LogP contribution in [0.25, 0.3) is 0 Å². The van der Waals surface area contributed by atoms with Crippen LogP contribution in [-0.4, -0.2) is 18.1 Å². The molecule has 0 saturated carbocycles. The van der Waals surface area contributed by atoms with E-state index in [1.165, 1.54) is 0 Å². The molecule has 0 aromatic heterocycles. The third kappa shape index (κ3) is 2.74. The first-order chi connectivity index (χ1) is 9.96. The molecule has 0 unspecified atom stereocenters. The summed E-state index contributed by atoms with van der Waals surface area (Å²) in [6, 6.07) is 14.6. The fraction of sp³-hybridized carbons (Fsp3) is 0.235. The van der Waals surface area contributed by atoms with Gasteiger partial charge in [0.25, 0.3) is 5.91 Å². The predicted octanol–water partition coefficient (Wildman–Crippen LogP) is 4.16. The van der Waals surface area contributed by atoms with Crippen molar-refractivity contribution in [2.45, 2.75) is 19.4 Å². The summed E-state index contributed by atoms with van der Waals surface area (Å²) in [6.07, 6.45) is 0. The zero-order valence-electron chi connectivity index (χ0n) is 12.0. The van der Waals surface area contributed by atoms with Crippen molar-refractivity contribution < 1.29 is 9.53 Å². The summed E-state index contributed by atoms with van der Waals surface area (Å²) < 4.78 is 5.94. The van der Waals surface area contributed by atoms with Gasteiger partial charge >= 0.3 is 0 Å². The Morgan fingerprint density at radius 1 is 1.14 bits per heavy atom. The summed E-state index contributed by atoms with van der Waals surface area (Å²) in [5, 5.41) is 0.620. The van der Waals surface area contributed by atoms with E-state index in [1.54, 1.807) is 29.2 Å². The van der Waals surface area contributed by atoms with Gasteiger partial charge < -0.3 is 9.64 Å². The molecule has 0 atom stereocenters. The van der Waals surface area contributed by atoms with E-state index < -0.39 is 5.60 Å². The molecule has 1 heterocycles. The molecule has 0 radical (unpaired) electrons. The van der Waals surface area contributed by atoms with E-state index in [1.807, 2.05) is 38.1 Å². The number of rotatable bonds is 1. The van der Waals surface area contributed by atoms with E-state index in [0.717, 1.165) is 11.4 Å². The molecule has 108 valence electrons. The van der Waals surface area contributed by atoms with Crippen molar-refractivity contribution in [1.29, 1.82) is 0 Å². The molecule has 0 aliphatic carbocycles. The molecule has 2 aromatic rings. The van der Waals surface area contributed by atoms with E-state index in [0.29, 0.717) is 17.1 Å². The quantitative estimate of drug-likeness (QED) is 0.791. The van der Waals surface area contributed by atoms with Crippen LogP contribution in [0.3, 0.4) is 0 Å². The number of amides is 1. The number of carbonyl (C=O) groups excluding carboxylic acids is 1. The lowest BCUT2D eigenvalue weighted by Gasteiger charge is -2.39. The second-order valence-corrected chi connectivity index (χ2v) is 6.16. The second kappa shape index (κ2) is 5.08. The zero-order valence-corrected chi connectivity index (χ0v) is 12.7. The first kappa shape index (κ1) is 14.0. The van der Waals surface area contributed by atoms with E-state index in [-0.39, 0.29) is 5.91 Å². The van der Waals surface area contributed by atoms with E-state index in [9.17, 15) is 4.79 Å². The molecule has 2 aromatic carbocycles. The van der Waals surface area contributed by atoms with Gasteiger partial charge in [0.1, 0.15) is 11.4 Å². The number of benzene rings is 2. The fourth-order valence-electron chi connectivity index (χ4n) is 2.49. The number of hydrogen-bond acceptors (Lipinski definition) is 2. The third-order valence-electron chi connectivity index (χ3n) is 3.42. The van der Waals surface area contributed by atoms with Crippen molar-refractivity contribution >= 4 is 23.2 Å². The van der Waals surface area contributed by atoms with E-state index in [4.69, 9.17) is 16.3 Å². The highest BCUT2D eigenvalue weighted by Crippen LogP contribution is 2.37. The van der Waals surface area contributed by atoms with E-state index in [2.05, 4.69) is 0 Å². The summed E-state index contributed by atoms with van der Waals surface area (Å²) in [6.45, 7) is 4.46. The number of hydrogen-bond donors (Lipinski definition) is 0. The van der Waals surface area contributed by atoms with Gasteiger partial charge in [0, 0.05) is 10.6 Å². The Labute approximate surface area is 129 Å². The van der Waals surface area contributed by atoms with Crippen LogP contribution < -0.4 is 9.64 Å². The Bertz CT molecular complexity index is 679. The van der Waals surface area contributed by atoms with Gasteiger partial charge in [0.15, 0.2) is 0 Å². The third-order valence-corrected chi connectivity index (χ3v) is 3.67. The average molecular weight is 302 g/mol. The van der Waals surface area contributed by atoms with Crippen LogP contribution in [0.2, 0.25) is 5.02 Å². The topological polar surface area (TPSA) is 29.5 Å². The second-order valence-electron chi connectivity index (χ2n) is 5.73. The summed E-state index contributed by atoms with van der Waals surface area (Å²) in [5.74, 6) is 0.687. The van der Waals surface area contributed by atoms with Crippen molar-refractivity contribution in [2.75, 3.05) is 11.4 Å². The van der Waals surface area contributed by atoms with Crippen molar-refractivity contribution in [2.24, 2.45) is 0 Å². The SMILES string of the molecule is CC1(C)CN(C(=O)c2ccc(Cl)cc2)c2ccccc2O1. The maximum absolute atomic E-state index is 12.8. The lowest BCUT2D eigenvalue weighted by Crippen LogP contribution is -2.49. The largest absolute Gasteiger partial charge is 0.484 e. The Kier molecular flexibility index (Phi) is 3.38. The molecular formula is C17H16ClNO2. The van der Waals surface area contributed by atoms with Gasteiger partial charge in [-0.3, -0.25) is 4.79 Å². The number of anilines is 1. The molecule has 0 spiro atoms. The smallest absolute Gasteiger partial charge is 0.258 e. The summed E-state index contributed by atoms with van der Waals surface area (Å²) in [7, 11) is 0. The summed E-state index contributed by atoms with van der Waals surface area (Å²) in [5.41, 5.74) is 1.000. The molecule has 21 heavy (non-hydrogen) atoms. The number of para-hydroxylation sites is 2. The maximum atomic E-state index is 12.8. The van der Waals surface area contributed by atoms with Crippen molar-refractivity contribution in [3.8, 4) is 5.75 Å². The molecule has 1 amide bonds. The molecule has 0 bridgehead atoms. The Morgan fingerprint density at radius 2 is 1.81 bits per heavy atom.